The van der Waals surface area contributed by atoms with Crippen LogP contribution in [0.25, 0.3) is 10.9 Å². The Hall–Kier alpha value is -2.71. The smallest absolute Gasteiger partial charge is 0.399 e. The molecular weight excluding hydrogens is 401 g/mol. The van der Waals surface area contributed by atoms with E-state index in [-0.39, 0.29) is 18.3 Å². The lowest BCUT2D eigenvalue weighted by Crippen LogP contribution is -2.41. The van der Waals surface area contributed by atoms with Crippen LogP contribution in [-0.2, 0) is 9.31 Å². The lowest BCUT2D eigenvalue weighted by Gasteiger charge is -2.33. The molecule has 2 aromatic heterocycles. The average Bonchev–Trinajstić information content (AvgIpc) is 3.01. The van der Waals surface area contributed by atoms with Crippen LogP contribution in [0.4, 0.5) is 11.8 Å². The summed E-state index contributed by atoms with van der Waals surface area (Å²) in [5, 5.41) is 4.50. The third kappa shape index (κ3) is 4.05. The van der Waals surface area contributed by atoms with E-state index in [1.807, 2.05) is 36.7 Å². The topological polar surface area (TPSA) is 72.4 Å². The van der Waals surface area contributed by atoms with Crippen LogP contribution >= 0.6 is 0 Å². The quantitative estimate of drug-likeness (QED) is 0.635. The Labute approximate surface area is 189 Å². The van der Waals surface area contributed by atoms with E-state index in [4.69, 9.17) is 14.3 Å². The molecule has 0 atom stereocenters. The molecule has 0 saturated carbocycles. The van der Waals surface area contributed by atoms with E-state index in [9.17, 15) is 0 Å². The molecule has 3 aromatic rings. The van der Waals surface area contributed by atoms with Crippen molar-refractivity contribution in [2.75, 3.05) is 23.3 Å². The van der Waals surface area contributed by atoms with Gasteiger partial charge in [-0.15, -0.1) is 0 Å². The molecule has 5 rings (SSSR count). The van der Waals surface area contributed by atoms with E-state index in [1.54, 1.807) is 0 Å². The Morgan fingerprint density at radius 3 is 2.44 bits per heavy atom. The SMILES string of the molecule is CC1(C)OB(c2ccc3nc(NC4CCN(c5ccccn5)CC4)ncc3c2)OC1(C)C. The minimum absolute atomic E-state index is 0.358. The molecule has 0 aliphatic carbocycles. The first-order chi connectivity index (χ1) is 15.3. The summed E-state index contributed by atoms with van der Waals surface area (Å²) in [6.45, 7) is 10.2. The number of anilines is 2. The first-order valence-corrected chi connectivity index (χ1v) is 11.4. The van der Waals surface area contributed by atoms with Gasteiger partial charge in [0.2, 0.25) is 5.95 Å². The van der Waals surface area contributed by atoms with Gasteiger partial charge < -0.3 is 19.5 Å². The fraction of sp³-hybridized carbons (Fsp3) is 0.458. The second kappa shape index (κ2) is 8.01. The molecule has 1 aromatic carbocycles. The molecular formula is C24H30BN5O2. The molecule has 0 spiro atoms. The summed E-state index contributed by atoms with van der Waals surface area (Å²) < 4.78 is 12.4. The minimum Gasteiger partial charge on any atom is -0.399 e. The third-order valence-corrected chi connectivity index (χ3v) is 6.93. The molecule has 2 aliphatic heterocycles. The van der Waals surface area contributed by atoms with Crippen LogP contribution in [0.5, 0.6) is 0 Å². The van der Waals surface area contributed by atoms with E-state index < -0.39 is 0 Å². The molecule has 0 amide bonds. The lowest BCUT2D eigenvalue weighted by atomic mass is 9.78. The largest absolute Gasteiger partial charge is 0.494 e. The van der Waals surface area contributed by atoms with Crippen molar-refractivity contribution >= 4 is 35.3 Å². The second-order valence-electron chi connectivity index (χ2n) is 9.69. The van der Waals surface area contributed by atoms with Crippen molar-refractivity contribution in [2.24, 2.45) is 0 Å². The summed E-state index contributed by atoms with van der Waals surface area (Å²) in [5.41, 5.74) is 1.18. The van der Waals surface area contributed by atoms with Crippen LogP contribution in [0.2, 0.25) is 0 Å². The van der Waals surface area contributed by atoms with Gasteiger partial charge in [-0.1, -0.05) is 18.2 Å². The van der Waals surface area contributed by atoms with Gasteiger partial charge in [-0.05, 0) is 64.2 Å². The van der Waals surface area contributed by atoms with Gasteiger partial charge in [0.15, 0.2) is 0 Å². The van der Waals surface area contributed by atoms with E-state index in [0.717, 1.165) is 48.1 Å². The molecule has 8 heteroatoms. The molecule has 32 heavy (non-hydrogen) atoms. The van der Waals surface area contributed by atoms with E-state index in [0.29, 0.717) is 12.0 Å². The molecule has 7 nitrogen and oxygen atoms in total. The van der Waals surface area contributed by atoms with Gasteiger partial charge in [-0.25, -0.2) is 15.0 Å². The van der Waals surface area contributed by atoms with Crippen LogP contribution in [0.15, 0.2) is 48.8 Å². The van der Waals surface area contributed by atoms with Crippen molar-refractivity contribution in [2.45, 2.75) is 57.8 Å². The highest BCUT2D eigenvalue weighted by molar-refractivity contribution is 6.62. The molecule has 2 aliphatic rings. The van der Waals surface area contributed by atoms with Crippen molar-refractivity contribution in [3.8, 4) is 0 Å². The predicted molar refractivity (Wildman–Crippen MR) is 128 cm³/mol. The number of piperidine rings is 1. The van der Waals surface area contributed by atoms with Crippen molar-refractivity contribution in [1.29, 1.82) is 0 Å². The number of benzene rings is 1. The first kappa shape index (κ1) is 21.2. The number of fused-ring (bicyclic) bond motifs is 1. The maximum atomic E-state index is 6.18. The normalized spacial score (nSPS) is 20.6. The zero-order valence-corrected chi connectivity index (χ0v) is 19.2. The molecule has 2 saturated heterocycles. The monoisotopic (exact) mass is 431 g/mol. The van der Waals surface area contributed by atoms with Gasteiger partial charge >= 0.3 is 7.12 Å². The summed E-state index contributed by atoms with van der Waals surface area (Å²) in [6.07, 6.45) is 5.78. The van der Waals surface area contributed by atoms with Crippen molar-refractivity contribution < 1.29 is 9.31 Å². The average molecular weight is 431 g/mol. The number of nitrogens with one attached hydrogen (secondary N) is 1. The molecule has 166 valence electrons. The Morgan fingerprint density at radius 1 is 1.00 bits per heavy atom. The number of rotatable bonds is 4. The highest BCUT2D eigenvalue weighted by Crippen LogP contribution is 2.36. The van der Waals surface area contributed by atoms with Gasteiger partial charge in [0, 0.05) is 36.9 Å². The summed E-state index contributed by atoms with van der Waals surface area (Å²) in [4.78, 5) is 16.1. The highest BCUT2D eigenvalue weighted by atomic mass is 16.7. The van der Waals surface area contributed by atoms with Crippen LogP contribution in [0.1, 0.15) is 40.5 Å². The molecule has 1 N–H and O–H groups in total. The van der Waals surface area contributed by atoms with Gasteiger partial charge in [0.05, 0.1) is 16.7 Å². The third-order valence-electron chi connectivity index (χ3n) is 6.93. The maximum Gasteiger partial charge on any atom is 0.494 e. The number of hydrogen-bond acceptors (Lipinski definition) is 7. The lowest BCUT2D eigenvalue weighted by molar-refractivity contribution is 0.00578. The van der Waals surface area contributed by atoms with Gasteiger partial charge in [0.1, 0.15) is 5.82 Å². The highest BCUT2D eigenvalue weighted by Gasteiger charge is 2.51. The summed E-state index contributed by atoms with van der Waals surface area (Å²) in [6, 6.07) is 12.5. The van der Waals surface area contributed by atoms with Crippen molar-refractivity contribution in [3.05, 3.63) is 48.8 Å². The Morgan fingerprint density at radius 2 is 1.75 bits per heavy atom. The Kier molecular flexibility index (Phi) is 5.30. The summed E-state index contributed by atoms with van der Waals surface area (Å²) in [5.74, 6) is 1.72. The fourth-order valence-electron chi connectivity index (χ4n) is 4.22. The van der Waals surface area contributed by atoms with E-state index in [2.05, 4.69) is 60.0 Å². The van der Waals surface area contributed by atoms with Crippen molar-refractivity contribution in [3.63, 3.8) is 0 Å². The summed E-state index contributed by atoms with van der Waals surface area (Å²) in [7, 11) is -0.383. The standard InChI is InChI=1S/C24H30BN5O2/c1-23(2)24(3,4)32-25(31-23)18-8-9-20-17(15-18)16-27-22(29-20)28-19-10-13-30(14-11-19)21-7-5-6-12-26-21/h5-9,12,15-16,19H,10-11,13-14H2,1-4H3,(H,27,28,29). The zero-order chi connectivity index (χ0) is 22.3. The number of hydrogen-bond donors (Lipinski definition) is 1. The summed E-state index contributed by atoms with van der Waals surface area (Å²) >= 11 is 0. The molecule has 2 fully saturated rings. The molecule has 0 bridgehead atoms. The van der Waals surface area contributed by atoms with Crippen LogP contribution < -0.4 is 15.7 Å². The number of nitrogens with zero attached hydrogens (tertiary/aromatic N) is 4. The fourth-order valence-corrected chi connectivity index (χ4v) is 4.22. The maximum absolute atomic E-state index is 6.18. The van der Waals surface area contributed by atoms with Gasteiger partial charge in [0.25, 0.3) is 0 Å². The van der Waals surface area contributed by atoms with Crippen LogP contribution in [0, 0.1) is 0 Å². The van der Waals surface area contributed by atoms with Gasteiger partial charge in [-0.2, -0.15) is 0 Å². The second-order valence-corrected chi connectivity index (χ2v) is 9.69. The zero-order valence-electron chi connectivity index (χ0n) is 19.2. The Bertz CT molecular complexity index is 1080. The van der Waals surface area contributed by atoms with E-state index in [1.165, 1.54) is 0 Å². The van der Waals surface area contributed by atoms with Crippen LogP contribution in [0.3, 0.4) is 0 Å². The van der Waals surface area contributed by atoms with Crippen LogP contribution in [-0.4, -0.2) is 52.4 Å². The number of pyridine rings is 1. The molecule has 0 unspecified atom stereocenters. The first-order valence-electron chi connectivity index (χ1n) is 11.4. The minimum atomic E-state index is -0.383. The molecule has 4 heterocycles. The van der Waals surface area contributed by atoms with Crippen molar-refractivity contribution in [1.82, 2.24) is 15.0 Å². The predicted octanol–water partition coefficient (Wildman–Crippen LogP) is 3.40. The van der Waals surface area contributed by atoms with E-state index >= 15 is 0 Å². The Balaban J connectivity index is 1.25. The molecule has 0 radical (unpaired) electrons. The van der Waals surface area contributed by atoms with Gasteiger partial charge in [-0.3, -0.25) is 0 Å². The number of aromatic nitrogens is 3.